The van der Waals surface area contributed by atoms with E-state index in [1.165, 1.54) is 0 Å². The highest BCUT2D eigenvalue weighted by molar-refractivity contribution is 5.97. The minimum absolute atomic E-state index is 0.00535. The summed E-state index contributed by atoms with van der Waals surface area (Å²) in [6.07, 6.45) is -5.50. The van der Waals surface area contributed by atoms with Crippen molar-refractivity contribution in [2.45, 2.75) is 59.7 Å². The minimum atomic E-state index is -4.61. The summed E-state index contributed by atoms with van der Waals surface area (Å²) >= 11 is 0. The Labute approximate surface area is 232 Å². The van der Waals surface area contributed by atoms with Gasteiger partial charge in [0.05, 0.1) is 23.5 Å². The summed E-state index contributed by atoms with van der Waals surface area (Å²) in [6, 6.07) is 13.9. The van der Waals surface area contributed by atoms with Gasteiger partial charge in [0.2, 0.25) is 0 Å². The van der Waals surface area contributed by atoms with Crippen LogP contribution in [-0.2, 0) is 15.8 Å². The molecule has 2 aromatic carbocycles. The number of nitrogens with one attached hydrogen (secondary N) is 1. The molecule has 1 N–H and O–H groups in total. The van der Waals surface area contributed by atoms with E-state index in [-0.39, 0.29) is 36.7 Å². The summed E-state index contributed by atoms with van der Waals surface area (Å²) in [7, 11) is 0. The number of alkyl halides is 3. The molecule has 10 heteroatoms. The molecule has 0 aliphatic rings. The molecule has 3 aromatic rings. The highest BCUT2D eigenvalue weighted by Crippen LogP contribution is 2.36. The molecule has 3 rings (SSSR count). The third-order valence-electron chi connectivity index (χ3n) is 5.63. The van der Waals surface area contributed by atoms with E-state index in [4.69, 9.17) is 9.57 Å². The maximum atomic E-state index is 13.5. The second kappa shape index (κ2) is 12.5. The number of nitrogens with zero attached hydrogens (tertiary/aromatic N) is 2. The Morgan fingerprint density at radius 2 is 1.62 bits per heavy atom. The number of hydrogen-bond donors (Lipinski definition) is 1. The monoisotopic (exact) mass is 557 g/mol. The molecular formula is C30H34F3N3O4. The molecule has 0 unspecified atom stereocenters. The molecule has 1 amide bonds. The second-order valence-corrected chi connectivity index (χ2v) is 10.2. The third-order valence-corrected chi connectivity index (χ3v) is 5.63. The van der Waals surface area contributed by atoms with Crippen molar-refractivity contribution in [3.63, 3.8) is 0 Å². The normalized spacial score (nSPS) is 11.7. The summed E-state index contributed by atoms with van der Waals surface area (Å²) in [5.41, 5.74) is 2.21. The predicted octanol–water partition coefficient (Wildman–Crippen LogP) is 7.76. The van der Waals surface area contributed by atoms with Crippen LogP contribution in [0.1, 0.15) is 61.4 Å². The Morgan fingerprint density at radius 1 is 0.950 bits per heavy atom. The number of anilines is 2. The van der Waals surface area contributed by atoms with Crippen LogP contribution in [0.15, 0.2) is 54.6 Å². The van der Waals surface area contributed by atoms with Gasteiger partial charge in [-0.2, -0.15) is 18.2 Å². The van der Waals surface area contributed by atoms with Crippen LogP contribution in [0.25, 0.3) is 11.1 Å². The fourth-order valence-electron chi connectivity index (χ4n) is 4.01. The smallest absolute Gasteiger partial charge is 0.439 e. The molecule has 0 saturated carbocycles. The van der Waals surface area contributed by atoms with Crippen LogP contribution in [0.3, 0.4) is 0 Å². The van der Waals surface area contributed by atoms with Crippen LogP contribution in [0.2, 0.25) is 0 Å². The molecule has 0 atom stereocenters. The number of halogens is 3. The Morgan fingerprint density at radius 3 is 2.23 bits per heavy atom. The number of ether oxygens (including phenoxy) is 1. The van der Waals surface area contributed by atoms with E-state index < -0.39 is 23.4 Å². The van der Waals surface area contributed by atoms with Gasteiger partial charge in [0.15, 0.2) is 5.78 Å². The maximum absolute atomic E-state index is 13.5. The van der Waals surface area contributed by atoms with Gasteiger partial charge in [0, 0.05) is 29.9 Å². The zero-order valence-corrected chi connectivity index (χ0v) is 23.5. The standard InChI is InChI=1S/C30H34F3N3O4/c1-7-39-36(28(38)40-29(4,5)6)26-12-11-24(30(31,32)33)18-25(26)34-14-13-27(37)22-10-8-9-21(17-22)23-15-19(2)35-20(3)16-23/h8-12,15-18,34H,7,13-14H2,1-6H3. The number of hydroxylamine groups is 1. The van der Waals surface area contributed by atoms with E-state index in [2.05, 4.69) is 10.3 Å². The Kier molecular flexibility index (Phi) is 9.57. The number of pyridine rings is 1. The van der Waals surface area contributed by atoms with Gasteiger partial charge in [-0.15, -0.1) is 0 Å². The average Bonchev–Trinajstić information content (AvgIpc) is 2.85. The van der Waals surface area contributed by atoms with Crippen LogP contribution in [-0.4, -0.2) is 35.6 Å². The van der Waals surface area contributed by atoms with Crippen molar-refractivity contribution in [3.8, 4) is 11.1 Å². The number of benzene rings is 2. The quantitative estimate of drug-likeness (QED) is 0.214. The Bertz CT molecular complexity index is 1350. The summed E-state index contributed by atoms with van der Waals surface area (Å²) < 4.78 is 45.9. The lowest BCUT2D eigenvalue weighted by Crippen LogP contribution is -2.37. The maximum Gasteiger partial charge on any atom is 0.439 e. The zero-order valence-electron chi connectivity index (χ0n) is 23.5. The average molecular weight is 558 g/mol. The van der Waals surface area contributed by atoms with Crippen molar-refractivity contribution in [3.05, 3.63) is 77.1 Å². The summed E-state index contributed by atoms with van der Waals surface area (Å²) in [4.78, 5) is 35.7. The van der Waals surface area contributed by atoms with Crippen LogP contribution >= 0.6 is 0 Å². The first kappa shape index (κ1) is 30.6. The van der Waals surface area contributed by atoms with Gasteiger partial charge in [0.1, 0.15) is 5.60 Å². The summed E-state index contributed by atoms with van der Waals surface area (Å²) in [5, 5.41) is 3.70. The molecule has 0 saturated heterocycles. The van der Waals surface area contributed by atoms with Crippen molar-refractivity contribution >= 4 is 23.3 Å². The van der Waals surface area contributed by atoms with Crippen molar-refractivity contribution in [1.82, 2.24) is 4.98 Å². The van der Waals surface area contributed by atoms with E-state index in [1.54, 1.807) is 45.9 Å². The van der Waals surface area contributed by atoms with Crippen molar-refractivity contribution in [2.75, 3.05) is 23.5 Å². The molecule has 40 heavy (non-hydrogen) atoms. The SMILES string of the molecule is CCON(C(=O)OC(C)(C)C)c1ccc(C(F)(F)F)cc1NCCC(=O)c1cccc(-c2cc(C)nc(C)c2)c1. The lowest BCUT2D eigenvalue weighted by atomic mass is 10.00. The molecule has 1 heterocycles. The lowest BCUT2D eigenvalue weighted by Gasteiger charge is -2.28. The van der Waals surface area contributed by atoms with Gasteiger partial charge in [-0.3, -0.25) is 14.6 Å². The molecule has 0 radical (unpaired) electrons. The molecule has 0 spiro atoms. The topological polar surface area (TPSA) is 80.8 Å². The first-order chi connectivity index (χ1) is 18.7. The van der Waals surface area contributed by atoms with Crippen LogP contribution in [0, 0.1) is 13.8 Å². The van der Waals surface area contributed by atoms with E-state index in [0.717, 1.165) is 45.8 Å². The number of ketones is 1. The number of carbonyl (C=O) groups is 2. The molecule has 1 aromatic heterocycles. The van der Waals surface area contributed by atoms with E-state index in [1.807, 2.05) is 32.0 Å². The number of aromatic nitrogens is 1. The number of rotatable bonds is 9. The molecule has 0 bridgehead atoms. The Hall–Kier alpha value is -3.92. The van der Waals surface area contributed by atoms with Gasteiger partial charge in [-0.05, 0) is 89.1 Å². The van der Waals surface area contributed by atoms with Crippen molar-refractivity contribution in [2.24, 2.45) is 0 Å². The largest absolute Gasteiger partial charge is 0.442 e. The van der Waals surface area contributed by atoms with Gasteiger partial charge < -0.3 is 10.1 Å². The van der Waals surface area contributed by atoms with Crippen molar-refractivity contribution < 1.29 is 32.3 Å². The van der Waals surface area contributed by atoms with Gasteiger partial charge in [-0.1, -0.05) is 18.2 Å². The van der Waals surface area contributed by atoms with Crippen molar-refractivity contribution in [1.29, 1.82) is 0 Å². The number of carbonyl (C=O) groups excluding carboxylic acids is 2. The van der Waals surface area contributed by atoms with Gasteiger partial charge in [0.25, 0.3) is 0 Å². The minimum Gasteiger partial charge on any atom is -0.442 e. The third kappa shape index (κ3) is 8.29. The molecule has 0 aliphatic heterocycles. The number of aryl methyl sites for hydroxylation is 2. The van der Waals surface area contributed by atoms with Crippen LogP contribution < -0.4 is 10.4 Å². The number of amides is 1. The first-order valence-corrected chi connectivity index (χ1v) is 12.9. The molecule has 214 valence electrons. The zero-order chi connectivity index (χ0) is 29.7. The second-order valence-electron chi connectivity index (χ2n) is 10.2. The van der Waals surface area contributed by atoms with Crippen LogP contribution in [0.5, 0.6) is 0 Å². The number of hydrogen-bond acceptors (Lipinski definition) is 6. The fraction of sp³-hybridized carbons (Fsp3) is 0.367. The fourth-order valence-corrected chi connectivity index (χ4v) is 4.01. The highest BCUT2D eigenvalue weighted by atomic mass is 19.4. The van der Waals surface area contributed by atoms with Gasteiger partial charge >= 0.3 is 12.3 Å². The molecule has 0 aliphatic carbocycles. The molecule has 7 nitrogen and oxygen atoms in total. The summed E-state index contributed by atoms with van der Waals surface area (Å²) in [6.45, 7) is 10.5. The Balaban J connectivity index is 1.83. The first-order valence-electron chi connectivity index (χ1n) is 12.9. The number of Topliss-reactive ketones (excluding diaryl/α,β-unsaturated/α-hetero) is 1. The van der Waals surface area contributed by atoms with E-state index in [9.17, 15) is 22.8 Å². The molecule has 0 fully saturated rings. The lowest BCUT2D eigenvalue weighted by molar-refractivity contribution is -0.137. The predicted molar refractivity (Wildman–Crippen MR) is 148 cm³/mol. The van der Waals surface area contributed by atoms with Gasteiger partial charge in [-0.25, -0.2) is 4.79 Å². The van der Waals surface area contributed by atoms with E-state index in [0.29, 0.717) is 5.56 Å². The molecular weight excluding hydrogens is 523 g/mol. The van der Waals surface area contributed by atoms with E-state index >= 15 is 0 Å². The van der Waals surface area contributed by atoms with Crippen LogP contribution in [0.4, 0.5) is 29.3 Å². The summed E-state index contributed by atoms with van der Waals surface area (Å²) in [5.74, 6) is -0.195. The highest BCUT2D eigenvalue weighted by Gasteiger charge is 2.33.